The predicted molar refractivity (Wildman–Crippen MR) is 78.3 cm³/mol. The molecule has 19 heavy (non-hydrogen) atoms. The molecule has 0 aliphatic heterocycles. The highest BCUT2D eigenvalue weighted by molar-refractivity contribution is 5.35. The molecule has 1 unspecified atom stereocenters. The molecule has 0 saturated carbocycles. The Hall–Kier alpha value is -1.53. The Bertz CT molecular complexity index is 451. The van der Waals surface area contributed by atoms with Crippen LogP contribution in [0.3, 0.4) is 0 Å². The van der Waals surface area contributed by atoms with Gasteiger partial charge in [0.2, 0.25) is 0 Å². The number of hydrogen-bond acceptors (Lipinski definition) is 3. The van der Waals surface area contributed by atoms with Gasteiger partial charge in [0.1, 0.15) is 11.3 Å². The Morgan fingerprint density at radius 3 is 2.68 bits per heavy atom. The van der Waals surface area contributed by atoms with E-state index in [9.17, 15) is 5.26 Å². The van der Waals surface area contributed by atoms with E-state index < -0.39 is 5.54 Å². The molecule has 0 aromatic heterocycles. The molecule has 0 heterocycles. The molecule has 3 heteroatoms. The topological polar surface area (TPSA) is 45.0 Å². The molecular weight excluding hydrogens is 236 g/mol. The lowest BCUT2D eigenvalue weighted by atomic mass is 10.0. The van der Waals surface area contributed by atoms with Crippen LogP contribution in [0.2, 0.25) is 0 Å². The van der Waals surface area contributed by atoms with Crippen LogP contribution in [0.4, 0.5) is 0 Å². The number of nitrogens with one attached hydrogen (secondary N) is 1. The summed E-state index contributed by atoms with van der Waals surface area (Å²) in [5.41, 5.74) is 1.87. The first-order chi connectivity index (χ1) is 9.00. The molecule has 0 aliphatic rings. The van der Waals surface area contributed by atoms with Gasteiger partial charge in [-0.25, -0.2) is 0 Å². The smallest absolute Gasteiger partial charge is 0.122 e. The average Bonchev–Trinajstić information content (AvgIpc) is 2.39. The highest BCUT2D eigenvalue weighted by Crippen LogP contribution is 2.19. The summed E-state index contributed by atoms with van der Waals surface area (Å²) in [5, 5.41) is 12.5. The second-order valence-corrected chi connectivity index (χ2v) is 5.24. The highest BCUT2D eigenvalue weighted by Gasteiger charge is 2.22. The van der Waals surface area contributed by atoms with Crippen molar-refractivity contribution in [3.8, 4) is 11.8 Å². The lowest BCUT2D eigenvalue weighted by Crippen LogP contribution is -2.42. The molecule has 0 aliphatic carbocycles. The Kier molecular flexibility index (Phi) is 5.85. The molecule has 1 rings (SSSR count). The van der Waals surface area contributed by atoms with E-state index in [4.69, 9.17) is 4.74 Å². The van der Waals surface area contributed by atoms with Crippen molar-refractivity contribution in [2.24, 2.45) is 0 Å². The molecule has 1 aromatic carbocycles. The van der Waals surface area contributed by atoms with Crippen LogP contribution in [0.5, 0.6) is 5.75 Å². The minimum absolute atomic E-state index is 0.505. The van der Waals surface area contributed by atoms with Gasteiger partial charge >= 0.3 is 0 Å². The number of hydrogen-bond donors (Lipinski definition) is 1. The van der Waals surface area contributed by atoms with Gasteiger partial charge in [-0.15, -0.1) is 0 Å². The second-order valence-electron chi connectivity index (χ2n) is 5.24. The minimum atomic E-state index is -0.505. The van der Waals surface area contributed by atoms with Gasteiger partial charge in [0.05, 0.1) is 12.7 Å². The van der Waals surface area contributed by atoms with Crippen LogP contribution < -0.4 is 10.1 Å². The maximum absolute atomic E-state index is 9.23. The molecule has 0 fully saturated rings. The maximum atomic E-state index is 9.23. The number of aryl methyl sites for hydroxylation is 2. The Morgan fingerprint density at radius 1 is 1.37 bits per heavy atom. The number of rotatable bonds is 7. The molecule has 0 radical (unpaired) electrons. The first-order valence-corrected chi connectivity index (χ1v) is 6.87. The third-order valence-corrected chi connectivity index (χ3v) is 3.20. The SMILES string of the molecule is CCCNC(C)(C#N)CCOc1ccc(C)cc1C. The van der Waals surface area contributed by atoms with Crippen molar-refractivity contribution in [3.05, 3.63) is 29.3 Å². The van der Waals surface area contributed by atoms with Crippen LogP contribution in [-0.2, 0) is 0 Å². The van der Waals surface area contributed by atoms with Gasteiger partial charge in [-0.1, -0.05) is 24.6 Å². The fraction of sp³-hybridized carbons (Fsp3) is 0.562. The number of nitrogens with zero attached hydrogens (tertiary/aromatic N) is 1. The van der Waals surface area contributed by atoms with Gasteiger partial charge in [0.25, 0.3) is 0 Å². The molecule has 0 amide bonds. The van der Waals surface area contributed by atoms with Crippen molar-refractivity contribution in [2.75, 3.05) is 13.2 Å². The fourth-order valence-corrected chi connectivity index (χ4v) is 1.91. The Morgan fingerprint density at radius 2 is 2.11 bits per heavy atom. The van der Waals surface area contributed by atoms with Crippen LogP contribution in [0, 0.1) is 25.2 Å². The number of benzene rings is 1. The standard InChI is InChI=1S/C16H24N2O/c1-5-9-18-16(4,12-17)8-10-19-15-7-6-13(2)11-14(15)3/h6-7,11,18H,5,8-10H2,1-4H3. The normalized spacial score (nSPS) is 13.6. The first-order valence-electron chi connectivity index (χ1n) is 6.87. The zero-order valence-corrected chi connectivity index (χ0v) is 12.4. The fourth-order valence-electron chi connectivity index (χ4n) is 1.91. The average molecular weight is 260 g/mol. The third kappa shape index (κ3) is 4.92. The molecule has 3 nitrogen and oxygen atoms in total. The van der Waals surface area contributed by atoms with E-state index in [0.29, 0.717) is 13.0 Å². The first kappa shape index (κ1) is 15.5. The van der Waals surface area contributed by atoms with Crippen molar-refractivity contribution in [3.63, 3.8) is 0 Å². The number of nitriles is 1. The second kappa shape index (κ2) is 7.16. The highest BCUT2D eigenvalue weighted by atomic mass is 16.5. The van der Waals surface area contributed by atoms with Crippen molar-refractivity contribution >= 4 is 0 Å². The zero-order chi connectivity index (χ0) is 14.3. The quantitative estimate of drug-likeness (QED) is 0.817. The van der Waals surface area contributed by atoms with Gasteiger partial charge in [-0.2, -0.15) is 5.26 Å². The summed E-state index contributed by atoms with van der Waals surface area (Å²) >= 11 is 0. The van der Waals surface area contributed by atoms with Crippen LogP contribution in [0.25, 0.3) is 0 Å². The van der Waals surface area contributed by atoms with Crippen LogP contribution >= 0.6 is 0 Å². The Balaban J connectivity index is 2.50. The summed E-state index contributed by atoms with van der Waals surface area (Å²) in [5.74, 6) is 0.904. The van der Waals surface area contributed by atoms with Crippen LogP contribution in [-0.4, -0.2) is 18.7 Å². The summed E-state index contributed by atoms with van der Waals surface area (Å²) in [6.45, 7) is 9.53. The summed E-state index contributed by atoms with van der Waals surface area (Å²) in [4.78, 5) is 0. The minimum Gasteiger partial charge on any atom is -0.493 e. The van der Waals surface area contributed by atoms with Gasteiger partial charge < -0.3 is 4.74 Å². The molecule has 0 bridgehead atoms. The van der Waals surface area contributed by atoms with E-state index in [1.807, 2.05) is 26.0 Å². The van der Waals surface area contributed by atoms with E-state index >= 15 is 0 Å². The summed E-state index contributed by atoms with van der Waals surface area (Å²) in [6, 6.07) is 8.47. The molecule has 1 aromatic rings. The summed E-state index contributed by atoms with van der Waals surface area (Å²) in [6.07, 6.45) is 1.70. The monoisotopic (exact) mass is 260 g/mol. The third-order valence-electron chi connectivity index (χ3n) is 3.20. The van der Waals surface area contributed by atoms with Gasteiger partial charge in [0.15, 0.2) is 0 Å². The Labute approximate surface area is 116 Å². The number of ether oxygens (including phenoxy) is 1. The summed E-state index contributed by atoms with van der Waals surface area (Å²) in [7, 11) is 0. The maximum Gasteiger partial charge on any atom is 0.122 e. The lowest BCUT2D eigenvalue weighted by Gasteiger charge is -2.23. The predicted octanol–water partition coefficient (Wildman–Crippen LogP) is 3.35. The van der Waals surface area contributed by atoms with E-state index in [1.165, 1.54) is 5.56 Å². The lowest BCUT2D eigenvalue weighted by molar-refractivity contribution is 0.266. The van der Waals surface area contributed by atoms with Gasteiger partial charge in [0, 0.05) is 6.42 Å². The largest absolute Gasteiger partial charge is 0.493 e. The van der Waals surface area contributed by atoms with E-state index in [0.717, 1.165) is 24.3 Å². The van der Waals surface area contributed by atoms with E-state index in [1.54, 1.807) is 0 Å². The molecule has 0 spiro atoms. The van der Waals surface area contributed by atoms with Gasteiger partial charge in [-0.05, 0) is 45.4 Å². The molecule has 1 atom stereocenters. The molecular formula is C16H24N2O. The van der Waals surface area contributed by atoms with Crippen molar-refractivity contribution < 1.29 is 4.74 Å². The molecule has 104 valence electrons. The molecule has 1 N–H and O–H groups in total. The molecule has 0 saturated heterocycles. The van der Waals surface area contributed by atoms with Crippen molar-refractivity contribution in [1.29, 1.82) is 5.26 Å². The van der Waals surface area contributed by atoms with Crippen molar-refractivity contribution in [1.82, 2.24) is 5.32 Å². The zero-order valence-electron chi connectivity index (χ0n) is 12.4. The van der Waals surface area contributed by atoms with Crippen LogP contribution in [0.15, 0.2) is 18.2 Å². The van der Waals surface area contributed by atoms with E-state index in [2.05, 4.69) is 31.3 Å². The van der Waals surface area contributed by atoms with Crippen molar-refractivity contribution in [2.45, 2.75) is 46.1 Å². The summed E-state index contributed by atoms with van der Waals surface area (Å²) < 4.78 is 5.78. The van der Waals surface area contributed by atoms with Crippen LogP contribution in [0.1, 0.15) is 37.8 Å². The van der Waals surface area contributed by atoms with E-state index in [-0.39, 0.29) is 0 Å². The van der Waals surface area contributed by atoms with Gasteiger partial charge in [-0.3, -0.25) is 5.32 Å².